The Morgan fingerprint density at radius 3 is 2.37 bits per heavy atom. The second kappa shape index (κ2) is 8.80. The number of amides is 1. The lowest BCUT2D eigenvalue weighted by atomic mass is 9.54. The summed E-state index contributed by atoms with van der Waals surface area (Å²) in [4.78, 5) is 42.5. The summed E-state index contributed by atoms with van der Waals surface area (Å²) in [7, 11) is 2.93. The van der Waals surface area contributed by atoms with E-state index in [1.807, 2.05) is 4.90 Å². The van der Waals surface area contributed by atoms with Gasteiger partial charge in [-0.2, -0.15) is 0 Å². The standard InChI is InChI=1S/C26H31N3O9/c1-10-11-4-5-12(29-6-8-38-9-7-29)19(30)14(11)20(31)15-13(10)21(32)17-18(28(2)3)22(33)16(25(27)36)24(35)26(17,37)23(15)34/h4-5,10,13,17-18,21,30-32,35,37H,6-9H2,1-3H3,(H2,27,36)/t10-,13+,17+,18?,21-,26-/m0/s1. The van der Waals surface area contributed by atoms with Gasteiger partial charge in [-0.25, -0.2) is 0 Å². The Bertz CT molecular complexity index is 1310. The number of nitrogens with zero attached hydrogens (tertiary/aromatic N) is 2. The van der Waals surface area contributed by atoms with Crippen LogP contribution in [0.3, 0.4) is 0 Å². The molecule has 204 valence electrons. The number of ketones is 2. The van der Waals surface area contributed by atoms with E-state index in [4.69, 9.17) is 10.5 Å². The Labute approximate surface area is 218 Å². The van der Waals surface area contributed by atoms with E-state index in [9.17, 15) is 39.9 Å². The van der Waals surface area contributed by atoms with Gasteiger partial charge in [0, 0.05) is 24.6 Å². The van der Waals surface area contributed by atoms with Crippen LogP contribution in [0.5, 0.6) is 5.75 Å². The smallest absolute Gasteiger partial charge is 0.255 e. The number of likely N-dealkylation sites (N-methyl/N-ethyl adjacent to an activating group) is 1. The molecule has 12 heteroatoms. The maximum absolute atomic E-state index is 14.0. The highest BCUT2D eigenvalue weighted by atomic mass is 16.5. The van der Waals surface area contributed by atoms with E-state index >= 15 is 0 Å². The second-order valence-corrected chi connectivity index (χ2v) is 10.5. The van der Waals surface area contributed by atoms with Crippen molar-refractivity contribution < 1.29 is 44.7 Å². The molecule has 0 aromatic heterocycles. The number of Topliss-reactive ketones (excluding diaryl/α,β-unsaturated/α-hetero) is 2. The van der Waals surface area contributed by atoms with Crippen molar-refractivity contribution in [3.63, 3.8) is 0 Å². The van der Waals surface area contributed by atoms with Gasteiger partial charge in [-0.05, 0) is 31.6 Å². The minimum Gasteiger partial charge on any atom is -0.508 e. The molecule has 1 aromatic rings. The SMILES string of the molecule is C[C@H]1c2ccc(N3CCOCC3)c(O)c2C(O)=C2C(=O)[C@]3(O)C(O)=C(C(N)=O)C(=O)C(N(C)C)[C@@H]3[C@@H](O)[C@@H]21. The van der Waals surface area contributed by atoms with Gasteiger partial charge < -0.3 is 40.9 Å². The summed E-state index contributed by atoms with van der Waals surface area (Å²) >= 11 is 0. The molecule has 0 bridgehead atoms. The monoisotopic (exact) mass is 529 g/mol. The molecule has 2 fully saturated rings. The molecule has 1 saturated heterocycles. The normalized spacial score (nSPS) is 33.3. The quantitative estimate of drug-likeness (QED) is 0.272. The first-order chi connectivity index (χ1) is 17.8. The summed E-state index contributed by atoms with van der Waals surface area (Å²) < 4.78 is 5.37. The lowest BCUT2D eigenvalue weighted by Crippen LogP contribution is -2.70. The average Bonchev–Trinajstić information content (AvgIpc) is 2.86. The van der Waals surface area contributed by atoms with Gasteiger partial charge in [0.2, 0.25) is 5.78 Å². The van der Waals surface area contributed by atoms with Crippen LogP contribution in [-0.2, 0) is 19.1 Å². The third kappa shape index (κ3) is 3.27. The number of primary amides is 1. The predicted molar refractivity (Wildman–Crippen MR) is 133 cm³/mol. The summed E-state index contributed by atoms with van der Waals surface area (Å²) in [5.41, 5.74) is 1.91. The number of ether oxygens (including phenoxy) is 1. The van der Waals surface area contributed by atoms with Gasteiger partial charge in [-0.3, -0.25) is 19.3 Å². The van der Waals surface area contributed by atoms with Crippen LogP contribution in [0.25, 0.3) is 5.76 Å². The van der Waals surface area contributed by atoms with Gasteiger partial charge in [-0.15, -0.1) is 0 Å². The number of fused-ring (bicyclic) bond motifs is 3. The van der Waals surface area contributed by atoms with Gasteiger partial charge in [0.25, 0.3) is 5.91 Å². The van der Waals surface area contributed by atoms with Crippen molar-refractivity contribution in [2.75, 3.05) is 45.3 Å². The number of benzene rings is 1. The average molecular weight is 530 g/mol. The minimum atomic E-state index is -2.93. The molecule has 1 saturated carbocycles. The zero-order valence-corrected chi connectivity index (χ0v) is 21.2. The molecule has 3 aliphatic carbocycles. The zero-order valence-electron chi connectivity index (χ0n) is 21.2. The van der Waals surface area contributed by atoms with Crippen LogP contribution in [0.1, 0.15) is 24.0 Å². The molecule has 1 unspecified atom stereocenters. The Hall–Kier alpha value is -3.45. The van der Waals surface area contributed by atoms with Gasteiger partial charge in [0.05, 0.1) is 42.5 Å². The molecule has 1 aromatic carbocycles. The Kier molecular flexibility index (Phi) is 6.06. The Morgan fingerprint density at radius 1 is 1.16 bits per heavy atom. The molecule has 1 heterocycles. The number of aliphatic hydroxyl groups is 4. The number of phenols is 1. The summed E-state index contributed by atoms with van der Waals surface area (Å²) in [6.45, 7) is 3.58. The highest BCUT2D eigenvalue weighted by Gasteiger charge is 2.68. The van der Waals surface area contributed by atoms with E-state index in [1.54, 1.807) is 19.1 Å². The van der Waals surface area contributed by atoms with Crippen LogP contribution < -0.4 is 10.6 Å². The number of phenolic OH excluding ortho intramolecular Hbond substituents is 1. The highest BCUT2D eigenvalue weighted by molar-refractivity contribution is 6.24. The van der Waals surface area contributed by atoms with Crippen LogP contribution in [0.4, 0.5) is 5.69 Å². The van der Waals surface area contributed by atoms with E-state index in [1.165, 1.54) is 19.0 Å². The maximum atomic E-state index is 14.0. The van der Waals surface area contributed by atoms with Crippen molar-refractivity contribution in [2.45, 2.75) is 30.6 Å². The molecule has 1 amide bonds. The number of rotatable bonds is 3. The molecule has 0 spiro atoms. The number of carbonyl (C=O) groups is 3. The fraction of sp³-hybridized carbons (Fsp3) is 0.500. The highest BCUT2D eigenvalue weighted by Crippen LogP contribution is 2.56. The molecular formula is C26H31N3O9. The fourth-order valence-corrected chi connectivity index (χ4v) is 6.66. The molecule has 0 radical (unpaired) electrons. The van der Waals surface area contributed by atoms with Crippen molar-refractivity contribution in [1.82, 2.24) is 4.90 Å². The molecule has 38 heavy (non-hydrogen) atoms. The molecule has 1 aliphatic heterocycles. The number of anilines is 1. The first-order valence-corrected chi connectivity index (χ1v) is 12.4. The number of aromatic hydroxyl groups is 1. The maximum Gasteiger partial charge on any atom is 0.255 e. The molecule has 4 aliphatic rings. The van der Waals surface area contributed by atoms with E-state index in [2.05, 4.69) is 0 Å². The van der Waals surface area contributed by atoms with Gasteiger partial charge in [0.15, 0.2) is 11.4 Å². The van der Waals surface area contributed by atoms with E-state index in [-0.39, 0.29) is 11.3 Å². The molecule has 12 nitrogen and oxygen atoms in total. The fourth-order valence-electron chi connectivity index (χ4n) is 6.66. The number of morpholine rings is 1. The Balaban J connectivity index is 1.75. The largest absolute Gasteiger partial charge is 0.508 e. The number of carbonyl (C=O) groups excluding carboxylic acids is 3. The summed E-state index contributed by atoms with van der Waals surface area (Å²) in [5.74, 6) is -8.97. The van der Waals surface area contributed by atoms with Crippen molar-refractivity contribution in [3.8, 4) is 5.75 Å². The third-order valence-electron chi connectivity index (χ3n) is 8.46. The van der Waals surface area contributed by atoms with Crippen molar-refractivity contribution in [1.29, 1.82) is 0 Å². The lowest BCUT2D eigenvalue weighted by molar-refractivity contribution is -0.169. The topological polar surface area (TPSA) is 194 Å². The van der Waals surface area contributed by atoms with E-state index in [0.717, 1.165) is 0 Å². The Morgan fingerprint density at radius 2 is 1.79 bits per heavy atom. The van der Waals surface area contributed by atoms with Crippen molar-refractivity contribution >= 4 is 28.9 Å². The third-order valence-corrected chi connectivity index (χ3v) is 8.46. The number of aliphatic hydroxyl groups excluding tert-OH is 3. The zero-order chi connectivity index (χ0) is 27.8. The van der Waals surface area contributed by atoms with Crippen LogP contribution in [0.2, 0.25) is 0 Å². The van der Waals surface area contributed by atoms with Crippen LogP contribution in [0, 0.1) is 11.8 Å². The summed E-state index contributed by atoms with van der Waals surface area (Å²) in [5, 5.41) is 57.0. The van der Waals surface area contributed by atoms with Gasteiger partial charge in [-0.1, -0.05) is 13.0 Å². The van der Waals surface area contributed by atoms with Gasteiger partial charge in [0.1, 0.15) is 22.8 Å². The molecule has 6 atom stereocenters. The lowest BCUT2D eigenvalue weighted by Gasteiger charge is -2.53. The van der Waals surface area contributed by atoms with Crippen molar-refractivity contribution in [3.05, 3.63) is 40.2 Å². The van der Waals surface area contributed by atoms with Crippen LogP contribution in [-0.4, -0.2) is 106 Å². The first kappa shape index (κ1) is 26.2. The predicted octanol–water partition coefficient (Wildman–Crippen LogP) is -0.668. The number of hydrogen-bond donors (Lipinski definition) is 6. The molecule has 5 rings (SSSR count). The minimum absolute atomic E-state index is 0.0232. The molecule has 7 N–H and O–H groups in total. The van der Waals surface area contributed by atoms with Gasteiger partial charge >= 0.3 is 0 Å². The van der Waals surface area contributed by atoms with Crippen molar-refractivity contribution in [2.24, 2.45) is 17.6 Å². The first-order valence-electron chi connectivity index (χ1n) is 12.4. The van der Waals surface area contributed by atoms with Crippen LogP contribution >= 0.6 is 0 Å². The summed E-state index contributed by atoms with van der Waals surface area (Å²) in [6, 6.07) is 2.02. The molecular weight excluding hydrogens is 498 g/mol. The van der Waals surface area contributed by atoms with E-state index in [0.29, 0.717) is 37.6 Å². The van der Waals surface area contributed by atoms with E-state index < -0.39 is 75.6 Å². The summed E-state index contributed by atoms with van der Waals surface area (Å²) in [6.07, 6.45) is -1.62. The number of hydrogen-bond acceptors (Lipinski definition) is 11. The van der Waals surface area contributed by atoms with Crippen LogP contribution in [0.15, 0.2) is 29.0 Å². The number of nitrogens with two attached hydrogens (primary N) is 1. The second-order valence-electron chi connectivity index (χ2n) is 10.5.